The largest absolute Gasteiger partial charge is 0.332 e. The predicted molar refractivity (Wildman–Crippen MR) is 96.7 cm³/mol. The summed E-state index contributed by atoms with van der Waals surface area (Å²) in [6, 6.07) is 10.8. The van der Waals surface area contributed by atoms with Gasteiger partial charge in [-0.3, -0.25) is 4.79 Å². The van der Waals surface area contributed by atoms with E-state index in [2.05, 4.69) is 10.3 Å². The molecule has 26 heavy (non-hydrogen) atoms. The average Bonchev–Trinajstić information content (AvgIpc) is 3.28. The first-order valence-electron chi connectivity index (χ1n) is 8.05. The van der Waals surface area contributed by atoms with Crippen molar-refractivity contribution in [3.63, 3.8) is 0 Å². The van der Waals surface area contributed by atoms with E-state index in [0.29, 0.717) is 17.0 Å². The summed E-state index contributed by atoms with van der Waals surface area (Å²) in [4.78, 5) is 15.7. The Morgan fingerprint density at radius 1 is 1.19 bits per heavy atom. The lowest BCUT2D eigenvalue weighted by Crippen LogP contribution is -2.32. The first-order chi connectivity index (χ1) is 12.5. The summed E-state index contributed by atoms with van der Waals surface area (Å²) >= 11 is 1.61. The number of sulfone groups is 1. The van der Waals surface area contributed by atoms with Gasteiger partial charge in [-0.2, -0.15) is 0 Å². The van der Waals surface area contributed by atoms with Gasteiger partial charge in [0.25, 0.3) is 5.91 Å². The van der Waals surface area contributed by atoms with Crippen molar-refractivity contribution in [3.8, 4) is 0 Å². The Kier molecular flexibility index (Phi) is 4.33. The van der Waals surface area contributed by atoms with E-state index in [-0.39, 0.29) is 30.4 Å². The van der Waals surface area contributed by atoms with E-state index in [1.54, 1.807) is 46.5 Å². The van der Waals surface area contributed by atoms with Crippen LogP contribution in [0.3, 0.4) is 0 Å². The van der Waals surface area contributed by atoms with E-state index < -0.39 is 9.84 Å². The molecule has 0 spiro atoms. The number of nitrogens with zero attached hydrogens (tertiary/aromatic N) is 4. The van der Waals surface area contributed by atoms with Crippen LogP contribution in [0.4, 0.5) is 0 Å². The summed E-state index contributed by atoms with van der Waals surface area (Å²) in [5, 5.41) is 9.96. The second-order valence-corrected chi connectivity index (χ2v) is 9.14. The van der Waals surface area contributed by atoms with Crippen LogP contribution in [0.2, 0.25) is 0 Å². The highest BCUT2D eigenvalue weighted by atomic mass is 32.2. The number of amides is 1. The monoisotopic (exact) mass is 388 g/mol. The molecule has 0 bridgehead atoms. The van der Waals surface area contributed by atoms with Crippen LogP contribution in [-0.2, 0) is 22.9 Å². The SMILES string of the molecule is O=C(c1cn(Cc2cccs2)nn1)N1CCS(=O)(=O)c2ccccc2C1. The van der Waals surface area contributed by atoms with Crippen molar-refractivity contribution in [1.29, 1.82) is 0 Å². The van der Waals surface area contributed by atoms with Crippen LogP contribution in [0.1, 0.15) is 20.9 Å². The van der Waals surface area contributed by atoms with E-state index in [1.165, 1.54) is 4.90 Å². The van der Waals surface area contributed by atoms with E-state index in [9.17, 15) is 13.2 Å². The molecule has 0 aliphatic carbocycles. The highest BCUT2D eigenvalue weighted by Gasteiger charge is 2.28. The normalized spacial score (nSPS) is 16.1. The molecule has 1 aromatic carbocycles. The Labute approximate surface area is 154 Å². The lowest BCUT2D eigenvalue weighted by Gasteiger charge is -2.18. The van der Waals surface area contributed by atoms with Gasteiger partial charge in [0, 0.05) is 18.0 Å². The topological polar surface area (TPSA) is 85.2 Å². The number of benzene rings is 1. The molecule has 0 saturated heterocycles. The van der Waals surface area contributed by atoms with Crippen LogP contribution in [0.5, 0.6) is 0 Å². The highest BCUT2D eigenvalue weighted by Crippen LogP contribution is 2.23. The fraction of sp³-hybridized carbons (Fsp3) is 0.235. The molecule has 0 fully saturated rings. The molecule has 4 rings (SSSR count). The maximum Gasteiger partial charge on any atom is 0.276 e. The summed E-state index contributed by atoms with van der Waals surface area (Å²) in [5.41, 5.74) is 0.850. The number of aromatic nitrogens is 3. The zero-order chi connectivity index (χ0) is 18.1. The van der Waals surface area contributed by atoms with Crippen LogP contribution in [-0.4, -0.2) is 46.5 Å². The lowest BCUT2D eigenvalue weighted by molar-refractivity contribution is 0.0748. The Morgan fingerprint density at radius 3 is 2.85 bits per heavy atom. The van der Waals surface area contributed by atoms with Gasteiger partial charge in [-0.1, -0.05) is 29.5 Å². The molecule has 1 aliphatic rings. The third kappa shape index (κ3) is 3.27. The van der Waals surface area contributed by atoms with Gasteiger partial charge >= 0.3 is 0 Å². The molecule has 0 unspecified atom stereocenters. The van der Waals surface area contributed by atoms with Crippen LogP contribution < -0.4 is 0 Å². The zero-order valence-electron chi connectivity index (χ0n) is 13.8. The number of rotatable bonds is 3. The Morgan fingerprint density at radius 2 is 2.04 bits per heavy atom. The third-order valence-electron chi connectivity index (χ3n) is 4.24. The lowest BCUT2D eigenvalue weighted by atomic mass is 10.2. The van der Waals surface area contributed by atoms with E-state index in [1.807, 2.05) is 17.5 Å². The maximum absolute atomic E-state index is 12.8. The summed E-state index contributed by atoms with van der Waals surface area (Å²) < 4.78 is 26.4. The molecule has 0 N–H and O–H groups in total. The van der Waals surface area contributed by atoms with Crippen molar-refractivity contribution >= 4 is 27.1 Å². The zero-order valence-corrected chi connectivity index (χ0v) is 15.4. The third-order valence-corrected chi connectivity index (χ3v) is 6.89. The smallest absolute Gasteiger partial charge is 0.276 e. The number of thiophene rings is 1. The van der Waals surface area contributed by atoms with Crippen LogP contribution in [0.15, 0.2) is 52.9 Å². The van der Waals surface area contributed by atoms with Crippen molar-refractivity contribution in [2.75, 3.05) is 12.3 Å². The van der Waals surface area contributed by atoms with Crippen molar-refractivity contribution in [3.05, 3.63) is 64.1 Å². The predicted octanol–water partition coefficient (Wildman–Crippen LogP) is 1.82. The van der Waals surface area contributed by atoms with E-state index >= 15 is 0 Å². The van der Waals surface area contributed by atoms with Crippen molar-refractivity contribution in [2.45, 2.75) is 18.0 Å². The number of hydrogen-bond donors (Lipinski definition) is 0. The quantitative estimate of drug-likeness (QED) is 0.683. The van der Waals surface area contributed by atoms with Crippen molar-refractivity contribution in [1.82, 2.24) is 19.9 Å². The number of carbonyl (C=O) groups is 1. The standard InChI is InChI=1S/C17H16N4O3S2/c22-17(15-12-21(19-18-15)11-14-5-3-8-25-14)20-7-9-26(23,24)16-6-2-1-4-13(16)10-20/h1-6,8,12H,7,9-11H2. The summed E-state index contributed by atoms with van der Waals surface area (Å²) in [7, 11) is -3.39. The number of hydrogen-bond acceptors (Lipinski definition) is 6. The van der Waals surface area contributed by atoms with Gasteiger partial charge in [0.1, 0.15) is 0 Å². The molecule has 0 saturated carbocycles. The minimum Gasteiger partial charge on any atom is -0.332 e. The number of carbonyl (C=O) groups excluding carboxylic acids is 1. The van der Waals surface area contributed by atoms with Gasteiger partial charge in [-0.05, 0) is 23.1 Å². The molecule has 3 aromatic rings. The molecule has 7 nitrogen and oxygen atoms in total. The molecule has 0 radical (unpaired) electrons. The Hall–Kier alpha value is -2.52. The molecule has 134 valence electrons. The number of fused-ring (bicyclic) bond motifs is 1. The molecule has 9 heteroatoms. The van der Waals surface area contributed by atoms with Gasteiger partial charge in [-0.25, -0.2) is 13.1 Å². The van der Waals surface area contributed by atoms with Crippen LogP contribution in [0.25, 0.3) is 0 Å². The molecule has 0 atom stereocenters. The summed E-state index contributed by atoms with van der Waals surface area (Å²) in [6.07, 6.45) is 1.60. The van der Waals surface area contributed by atoms with Crippen LogP contribution in [0, 0.1) is 0 Å². The fourth-order valence-electron chi connectivity index (χ4n) is 2.93. The maximum atomic E-state index is 12.8. The minimum atomic E-state index is -3.39. The van der Waals surface area contributed by atoms with E-state index in [4.69, 9.17) is 0 Å². The van der Waals surface area contributed by atoms with E-state index in [0.717, 1.165) is 4.88 Å². The van der Waals surface area contributed by atoms with Crippen molar-refractivity contribution < 1.29 is 13.2 Å². The molecular weight excluding hydrogens is 372 g/mol. The molecule has 1 amide bonds. The van der Waals surface area contributed by atoms with Gasteiger partial charge in [-0.15, -0.1) is 16.4 Å². The molecule has 3 heterocycles. The van der Waals surface area contributed by atoms with Crippen molar-refractivity contribution in [2.24, 2.45) is 0 Å². The Bertz CT molecular complexity index is 1040. The van der Waals surface area contributed by atoms with Gasteiger partial charge in [0.2, 0.25) is 0 Å². The summed E-state index contributed by atoms with van der Waals surface area (Å²) in [5.74, 6) is -0.409. The molecule has 1 aliphatic heterocycles. The second kappa shape index (κ2) is 6.65. The van der Waals surface area contributed by atoms with Gasteiger partial charge in [0.05, 0.1) is 23.4 Å². The average molecular weight is 388 g/mol. The molecule has 2 aromatic heterocycles. The first kappa shape index (κ1) is 16.9. The second-order valence-electron chi connectivity index (χ2n) is 6.03. The van der Waals surface area contributed by atoms with Gasteiger partial charge in [0.15, 0.2) is 15.5 Å². The minimum absolute atomic E-state index is 0.0981. The highest BCUT2D eigenvalue weighted by molar-refractivity contribution is 7.91. The van der Waals surface area contributed by atoms with Crippen LogP contribution >= 0.6 is 11.3 Å². The summed E-state index contributed by atoms with van der Waals surface area (Å²) in [6.45, 7) is 0.925. The molecular formula is C17H16N4O3S2. The first-order valence-corrected chi connectivity index (χ1v) is 10.6. The van der Waals surface area contributed by atoms with Gasteiger partial charge < -0.3 is 4.90 Å². The Balaban J connectivity index is 1.56. The fourth-order valence-corrected chi connectivity index (χ4v) is 5.13.